The summed E-state index contributed by atoms with van der Waals surface area (Å²) in [5.74, 6) is 0.667. The lowest BCUT2D eigenvalue weighted by molar-refractivity contribution is 0.137. The van der Waals surface area contributed by atoms with Gasteiger partial charge in [-0.1, -0.05) is 24.3 Å². The summed E-state index contributed by atoms with van der Waals surface area (Å²) in [6.07, 6.45) is 0.902. The molecule has 1 heterocycles. The number of hydrogen-bond donors (Lipinski definition) is 1. The van der Waals surface area contributed by atoms with E-state index in [-0.39, 0.29) is 11.4 Å². The van der Waals surface area contributed by atoms with E-state index in [1.165, 1.54) is 11.6 Å². The normalized spacial score (nSPS) is 15.4. The molecule has 1 aliphatic heterocycles. The zero-order valence-corrected chi connectivity index (χ0v) is 13.6. The molecule has 3 rings (SSSR count). The Hall–Kier alpha value is -1.55. The summed E-state index contributed by atoms with van der Waals surface area (Å²) >= 11 is 3.37. The molecule has 0 unspecified atom stereocenters. The number of fused-ring (bicyclic) bond motifs is 1. The molecule has 0 bridgehead atoms. The standard InChI is InChI=1S/C17H17BrFNO/c1-17(2)9-11-5-3-6-12(16(11)21-17)10-20-15-13(18)7-4-8-14(15)19/h3-8,20H,9-10H2,1-2H3. The fourth-order valence-corrected chi connectivity index (χ4v) is 3.15. The van der Waals surface area contributed by atoms with Gasteiger partial charge >= 0.3 is 0 Å². The Kier molecular flexibility index (Phi) is 3.66. The van der Waals surface area contributed by atoms with Crippen LogP contribution in [0.5, 0.6) is 5.75 Å². The summed E-state index contributed by atoms with van der Waals surface area (Å²) < 4.78 is 20.6. The van der Waals surface area contributed by atoms with Crippen molar-refractivity contribution in [3.8, 4) is 5.75 Å². The third-order valence-electron chi connectivity index (χ3n) is 3.59. The largest absolute Gasteiger partial charge is 0.487 e. The third kappa shape index (κ3) is 2.91. The molecule has 2 nitrogen and oxygen atoms in total. The molecule has 0 atom stereocenters. The summed E-state index contributed by atoms with van der Waals surface area (Å²) in [7, 11) is 0. The Labute approximate surface area is 132 Å². The van der Waals surface area contributed by atoms with Crippen LogP contribution < -0.4 is 10.1 Å². The number of para-hydroxylation sites is 2. The zero-order chi connectivity index (χ0) is 15.0. The van der Waals surface area contributed by atoms with Gasteiger partial charge in [-0.25, -0.2) is 4.39 Å². The van der Waals surface area contributed by atoms with Crippen molar-refractivity contribution >= 4 is 21.6 Å². The minimum absolute atomic E-state index is 0.170. The quantitative estimate of drug-likeness (QED) is 0.849. The molecular formula is C17H17BrFNO. The minimum atomic E-state index is -0.266. The van der Waals surface area contributed by atoms with Gasteiger partial charge in [-0.05, 0) is 47.5 Å². The third-order valence-corrected chi connectivity index (χ3v) is 4.25. The van der Waals surface area contributed by atoms with E-state index in [1.54, 1.807) is 6.07 Å². The van der Waals surface area contributed by atoms with Crippen LogP contribution in [0.15, 0.2) is 40.9 Å². The van der Waals surface area contributed by atoms with Crippen molar-refractivity contribution < 1.29 is 9.13 Å². The van der Waals surface area contributed by atoms with Gasteiger partial charge in [-0.2, -0.15) is 0 Å². The first kappa shape index (κ1) is 14.4. The topological polar surface area (TPSA) is 21.3 Å². The minimum Gasteiger partial charge on any atom is -0.487 e. The molecule has 0 amide bonds. The highest BCUT2D eigenvalue weighted by molar-refractivity contribution is 9.10. The predicted molar refractivity (Wildman–Crippen MR) is 86.3 cm³/mol. The van der Waals surface area contributed by atoms with Crippen molar-refractivity contribution in [1.29, 1.82) is 0 Å². The van der Waals surface area contributed by atoms with Gasteiger partial charge in [0, 0.05) is 23.0 Å². The molecule has 1 aliphatic rings. The van der Waals surface area contributed by atoms with Gasteiger partial charge in [-0.3, -0.25) is 0 Å². The van der Waals surface area contributed by atoms with Gasteiger partial charge in [0.15, 0.2) is 0 Å². The second-order valence-electron chi connectivity index (χ2n) is 5.89. The monoisotopic (exact) mass is 349 g/mol. The highest BCUT2D eigenvalue weighted by Crippen LogP contribution is 2.38. The second kappa shape index (κ2) is 5.34. The van der Waals surface area contributed by atoms with Crippen LogP contribution in [0.1, 0.15) is 25.0 Å². The van der Waals surface area contributed by atoms with Crippen molar-refractivity contribution in [2.75, 3.05) is 5.32 Å². The Morgan fingerprint density at radius 3 is 2.76 bits per heavy atom. The number of benzene rings is 2. The highest BCUT2D eigenvalue weighted by atomic mass is 79.9. The van der Waals surface area contributed by atoms with Crippen molar-refractivity contribution in [3.05, 3.63) is 57.8 Å². The number of nitrogens with one attached hydrogen (secondary N) is 1. The summed E-state index contributed by atoms with van der Waals surface area (Å²) in [6, 6.07) is 11.1. The van der Waals surface area contributed by atoms with E-state index in [0.717, 1.165) is 22.2 Å². The average Bonchev–Trinajstić information content (AvgIpc) is 2.73. The van der Waals surface area contributed by atoms with Gasteiger partial charge in [0.2, 0.25) is 0 Å². The first-order chi connectivity index (χ1) is 9.96. The second-order valence-corrected chi connectivity index (χ2v) is 6.75. The zero-order valence-electron chi connectivity index (χ0n) is 12.0. The number of rotatable bonds is 3. The van der Waals surface area contributed by atoms with Crippen LogP contribution in [-0.2, 0) is 13.0 Å². The van der Waals surface area contributed by atoms with Gasteiger partial charge in [0.1, 0.15) is 17.2 Å². The van der Waals surface area contributed by atoms with E-state index < -0.39 is 0 Å². The highest BCUT2D eigenvalue weighted by Gasteiger charge is 2.31. The molecule has 1 N–H and O–H groups in total. The van der Waals surface area contributed by atoms with E-state index >= 15 is 0 Å². The van der Waals surface area contributed by atoms with Crippen LogP contribution in [0.2, 0.25) is 0 Å². The molecule has 0 aromatic heterocycles. The molecule has 0 aliphatic carbocycles. The number of halogens is 2. The van der Waals surface area contributed by atoms with Crippen molar-refractivity contribution in [2.24, 2.45) is 0 Å². The lowest BCUT2D eigenvalue weighted by Crippen LogP contribution is -2.25. The molecule has 2 aromatic carbocycles. The molecule has 2 aromatic rings. The lowest BCUT2D eigenvalue weighted by Gasteiger charge is -2.18. The maximum absolute atomic E-state index is 13.8. The maximum atomic E-state index is 13.8. The number of ether oxygens (including phenoxy) is 1. The first-order valence-corrected chi connectivity index (χ1v) is 7.73. The molecule has 0 saturated carbocycles. The van der Waals surface area contributed by atoms with Crippen LogP contribution in [0.3, 0.4) is 0 Å². The SMILES string of the molecule is CC1(C)Cc2cccc(CNc3c(F)cccc3Br)c2O1. The van der Waals surface area contributed by atoms with Crippen molar-refractivity contribution in [3.63, 3.8) is 0 Å². The van der Waals surface area contributed by atoms with Gasteiger partial charge in [0.05, 0.1) is 5.69 Å². The molecule has 0 radical (unpaired) electrons. The summed E-state index contributed by atoms with van der Waals surface area (Å²) in [5.41, 5.74) is 2.57. The summed E-state index contributed by atoms with van der Waals surface area (Å²) in [6.45, 7) is 4.69. The fourth-order valence-electron chi connectivity index (χ4n) is 2.67. The van der Waals surface area contributed by atoms with Gasteiger partial charge < -0.3 is 10.1 Å². The molecule has 0 spiro atoms. The average molecular weight is 350 g/mol. The smallest absolute Gasteiger partial charge is 0.147 e. The van der Waals surface area contributed by atoms with E-state index in [2.05, 4.69) is 41.2 Å². The molecule has 110 valence electrons. The summed E-state index contributed by atoms with van der Waals surface area (Å²) in [5, 5.41) is 3.15. The first-order valence-electron chi connectivity index (χ1n) is 6.94. The lowest BCUT2D eigenvalue weighted by atomic mass is 10.0. The van der Waals surface area contributed by atoms with E-state index in [4.69, 9.17) is 4.74 Å². The fraction of sp³-hybridized carbons (Fsp3) is 0.294. The Bertz CT molecular complexity index is 664. The van der Waals surface area contributed by atoms with Crippen LogP contribution >= 0.6 is 15.9 Å². The summed E-state index contributed by atoms with van der Waals surface area (Å²) in [4.78, 5) is 0. The predicted octanol–water partition coefficient (Wildman–Crippen LogP) is 4.91. The van der Waals surface area contributed by atoms with E-state index in [0.29, 0.717) is 12.2 Å². The van der Waals surface area contributed by atoms with E-state index in [9.17, 15) is 4.39 Å². The van der Waals surface area contributed by atoms with Gasteiger partial charge in [-0.15, -0.1) is 0 Å². The van der Waals surface area contributed by atoms with Crippen LogP contribution in [-0.4, -0.2) is 5.60 Å². The van der Waals surface area contributed by atoms with Crippen molar-refractivity contribution in [1.82, 2.24) is 0 Å². The number of hydrogen-bond acceptors (Lipinski definition) is 2. The molecule has 21 heavy (non-hydrogen) atoms. The molecule has 0 fully saturated rings. The Morgan fingerprint density at radius 2 is 2.00 bits per heavy atom. The van der Waals surface area contributed by atoms with Crippen molar-refractivity contribution in [2.45, 2.75) is 32.4 Å². The Balaban J connectivity index is 1.83. The maximum Gasteiger partial charge on any atom is 0.147 e. The molecule has 0 saturated heterocycles. The Morgan fingerprint density at radius 1 is 1.24 bits per heavy atom. The number of anilines is 1. The van der Waals surface area contributed by atoms with Crippen LogP contribution in [0.4, 0.5) is 10.1 Å². The molecule has 4 heteroatoms. The molecular weight excluding hydrogens is 333 g/mol. The van der Waals surface area contributed by atoms with Crippen LogP contribution in [0.25, 0.3) is 0 Å². The van der Waals surface area contributed by atoms with Crippen LogP contribution in [0, 0.1) is 5.82 Å². The van der Waals surface area contributed by atoms with E-state index in [1.807, 2.05) is 18.2 Å². The van der Waals surface area contributed by atoms with Gasteiger partial charge in [0.25, 0.3) is 0 Å².